The van der Waals surface area contributed by atoms with E-state index in [1.807, 2.05) is 32.9 Å². The molecule has 0 saturated heterocycles. The molecule has 0 aliphatic rings. The van der Waals surface area contributed by atoms with Crippen LogP contribution in [-0.2, 0) is 9.53 Å². The number of ether oxygens (including phenoxy) is 1. The Bertz CT molecular complexity index is 588. The fourth-order valence-corrected chi connectivity index (χ4v) is 3.91. The molecule has 1 aromatic rings. The highest BCUT2D eigenvalue weighted by molar-refractivity contribution is 5.74. The zero-order valence-corrected chi connectivity index (χ0v) is 19.3. The van der Waals surface area contributed by atoms with Gasteiger partial charge in [0.05, 0.1) is 5.92 Å². The Hall–Kier alpha value is -1.51. The lowest BCUT2D eigenvalue weighted by Crippen LogP contribution is -2.36. The summed E-state index contributed by atoms with van der Waals surface area (Å²) in [6, 6.07) is 7.31. The van der Waals surface area contributed by atoms with Crippen LogP contribution in [0.3, 0.4) is 0 Å². The zero-order chi connectivity index (χ0) is 21.5. The van der Waals surface area contributed by atoms with E-state index in [1.54, 1.807) is 12.1 Å². The van der Waals surface area contributed by atoms with Crippen molar-refractivity contribution in [2.24, 2.45) is 17.3 Å². The van der Waals surface area contributed by atoms with Crippen LogP contribution in [0.5, 0.6) is 5.75 Å². The summed E-state index contributed by atoms with van der Waals surface area (Å²) in [5.74, 6) is 0.708. The maximum atomic E-state index is 13.2. The van der Waals surface area contributed by atoms with Crippen LogP contribution in [0.25, 0.3) is 0 Å². The molecule has 0 aromatic heterocycles. The first-order valence-corrected chi connectivity index (χ1v) is 10.8. The Morgan fingerprint density at radius 3 is 1.93 bits per heavy atom. The number of aromatic hydroxyl groups is 1. The molecule has 0 spiro atoms. The lowest BCUT2D eigenvalue weighted by atomic mass is 9.68. The van der Waals surface area contributed by atoms with Gasteiger partial charge in [-0.3, -0.25) is 4.79 Å². The molecule has 1 aromatic carbocycles. The number of carbonyl (C=O) groups is 1. The van der Waals surface area contributed by atoms with Gasteiger partial charge in [-0.2, -0.15) is 0 Å². The van der Waals surface area contributed by atoms with E-state index < -0.39 is 5.60 Å². The Morgan fingerprint density at radius 1 is 0.929 bits per heavy atom. The first kappa shape index (κ1) is 24.5. The van der Waals surface area contributed by atoms with Crippen LogP contribution in [0.2, 0.25) is 0 Å². The monoisotopic (exact) mass is 390 g/mol. The molecule has 1 N–H and O–H groups in total. The van der Waals surface area contributed by atoms with E-state index in [0.29, 0.717) is 0 Å². The summed E-state index contributed by atoms with van der Waals surface area (Å²) in [7, 11) is 0. The molecule has 0 amide bonds. The van der Waals surface area contributed by atoms with Crippen LogP contribution < -0.4 is 0 Å². The SMILES string of the molecule is CC(C)CCCCCC(C(=O)OC(C)(C)C)C(c1ccc(O)cc1)C(C)(C)C. The zero-order valence-electron chi connectivity index (χ0n) is 19.3. The van der Waals surface area contributed by atoms with E-state index in [9.17, 15) is 9.90 Å². The molecule has 0 fully saturated rings. The van der Waals surface area contributed by atoms with Gasteiger partial charge >= 0.3 is 5.97 Å². The van der Waals surface area contributed by atoms with Crippen LogP contribution in [0.1, 0.15) is 99.0 Å². The molecular weight excluding hydrogens is 348 g/mol. The lowest BCUT2D eigenvalue weighted by molar-refractivity contribution is -0.162. The molecule has 1 rings (SSSR count). The third-order valence-corrected chi connectivity index (χ3v) is 5.09. The third-order valence-electron chi connectivity index (χ3n) is 5.09. The second kappa shape index (κ2) is 10.3. The van der Waals surface area contributed by atoms with E-state index in [2.05, 4.69) is 34.6 Å². The summed E-state index contributed by atoms with van der Waals surface area (Å²) in [5.41, 5.74) is 0.490. The second-order valence-electron chi connectivity index (χ2n) is 10.6. The van der Waals surface area contributed by atoms with Crippen LogP contribution >= 0.6 is 0 Å². The number of unbranched alkanes of at least 4 members (excludes halogenated alkanes) is 2. The highest BCUT2D eigenvalue weighted by atomic mass is 16.6. The van der Waals surface area contributed by atoms with Gasteiger partial charge in [-0.05, 0) is 56.2 Å². The number of esters is 1. The second-order valence-corrected chi connectivity index (χ2v) is 10.6. The molecule has 0 bridgehead atoms. The van der Waals surface area contributed by atoms with Gasteiger partial charge < -0.3 is 9.84 Å². The minimum absolute atomic E-state index is 0.0352. The first-order valence-electron chi connectivity index (χ1n) is 10.8. The number of hydrogen-bond donors (Lipinski definition) is 1. The molecule has 0 saturated carbocycles. The van der Waals surface area contributed by atoms with Gasteiger partial charge in [0.15, 0.2) is 0 Å². The quantitative estimate of drug-likeness (QED) is 0.362. The van der Waals surface area contributed by atoms with Crippen molar-refractivity contribution >= 4 is 5.97 Å². The van der Waals surface area contributed by atoms with Crippen molar-refractivity contribution in [1.29, 1.82) is 0 Å². The van der Waals surface area contributed by atoms with Gasteiger partial charge in [-0.15, -0.1) is 0 Å². The van der Waals surface area contributed by atoms with Crippen LogP contribution in [0.15, 0.2) is 24.3 Å². The highest BCUT2D eigenvalue weighted by Crippen LogP contribution is 2.44. The Morgan fingerprint density at radius 2 is 1.46 bits per heavy atom. The molecule has 3 heteroatoms. The maximum absolute atomic E-state index is 13.2. The van der Waals surface area contributed by atoms with Crippen molar-refractivity contribution in [2.75, 3.05) is 0 Å². The van der Waals surface area contributed by atoms with E-state index in [0.717, 1.165) is 30.7 Å². The number of phenolic OH excluding ortho intramolecular Hbond substituents is 1. The molecule has 0 aliphatic heterocycles. The largest absolute Gasteiger partial charge is 0.508 e. The number of phenols is 1. The topological polar surface area (TPSA) is 46.5 Å². The predicted octanol–water partition coefficient (Wildman–Crippen LogP) is 7.09. The van der Waals surface area contributed by atoms with Gasteiger partial charge in [0.2, 0.25) is 0 Å². The van der Waals surface area contributed by atoms with Crippen molar-refractivity contribution in [3.63, 3.8) is 0 Å². The minimum Gasteiger partial charge on any atom is -0.508 e. The van der Waals surface area contributed by atoms with Crippen LogP contribution in [-0.4, -0.2) is 16.7 Å². The van der Waals surface area contributed by atoms with Crippen LogP contribution in [0.4, 0.5) is 0 Å². The Balaban J connectivity index is 3.08. The predicted molar refractivity (Wildman–Crippen MR) is 118 cm³/mol. The normalized spacial score (nSPS) is 14.8. The molecule has 0 heterocycles. The fraction of sp³-hybridized carbons (Fsp3) is 0.720. The maximum Gasteiger partial charge on any atom is 0.310 e. The summed E-state index contributed by atoms with van der Waals surface area (Å²) in [5, 5.41) is 9.70. The average Bonchev–Trinajstić information content (AvgIpc) is 2.51. The van der Waals surface area contributed by atoms with Crippen molar-refractivity contribution in [1.82, 2.24) is 0 Å². The van der Waals surface area contributed by atoms with Gasteiger partial charge in [0.1, 0.15) is 11.4 Å². The summed E-state index contributed by atoms with van der Waals surface area (Å²) < 4.78 is 5.83. The van der Waals surface area contributed by atoms with E-state index >= 15 is 0 Å². The van der Waals surface area contributed by atoms with E-state index in [1.165, 1.54) is 12.8 Å². The van der Waals surface area contributed by atoms with Gasteiger partial charge in [0.25, 0.3) is 0 Å². The molecule has 160 valence electrons. The van der Waals surface area contributed by atoms with Gasteiger partial charge in [0, 0.05) is 5.92 Å². The molecule has 3 nitrogen and oxygen atoms in total. The van der Waals surface area contributed by atoms with Crippen molar-refractivity contribution in [3.8, 4) is 5.75 Å². The standard InChI is InChI=1S/C25H42O3/c1-18(2)12-10-9-11-13-21(23(27)28-25(6,7)8)22(24(3,4)5)19-14-16-20(26)17-15-19/h14-18,21-22,26H,9-13H2,1-8H3. The number of rotatable bonds is 9. The number of carbonyl (C=O) groups excluding carboxylic acids is 1. The molecule has 0 radical (unpaired) electrons. The number of hydrogen-bond acceptors (Lipinski definition) is 3. The lowest BCUT2D eigenvalue weighted by Gasteiger charge is -2.38. The average molecular weight is 391 g/mol. The van der Waals surface area contributed by atoms with Crippen molar-refractivity contribution < 1.29 is 14.6 Å². The molecule has 2 atom stereocenters. The van der Waals surface area contributed by atoms with Crippen molar-refractivity contribution in [2.45, 2.75) is 99.0 Å². The Labute approximate surface area is 172 Å². The fourth-order valence-electron chi connectivity index (χ4n) is 3.91. The number of benzene rings is 1. The van der Waals surface area contributed by atoms with Gasteiger partial charge in [-0.25, -0.2) is 0 Å². The minimum atomic E-state index is -0.496. The summed E-state index contributed by atoms with van der Waals surface area (Å²) in [4.78, 5) is 13.2. The summed E-state index contributed by atoms with van der Waals surface area (Å²) >= 11 is 0. The molecule has 28 heavy (non-hydrogen) atoms. The third kappa shape index (κ3) is 8.67. The molecule has 2 unspecified atom stereocenters. The van der Waals surface area contributed by atoms with Gasteiger partial charge in [-0.1, -0.05) is 72.4 Å². The molecule has 0 aliphatic carbocycles. The summed E-state index contributed by atoms with van der Waals surface area (Å²) in [6.07, 6.45) is 5.44. The van der Waals surface area contributed by atoms with Crippen LogP contribution in [0, 0.1) is 17.3 Å². The Kier molecular flexibility index (Phi) is 9.04. The highest BCUT2D eigenvalue weighted by Gasteiger charge is 2.39. The molecular formula is C25H42O3. The van der Waals surface area contributed by atoms with Crippen molar-refractivity contribution in [3.05, 3.63) is 29.8 Å². The van der Waals surface area contributed by atoms with E-state index in [-0.39, 0.29) is 29.0 Å². The van der Waals surface area contributed by atoms with E-state index in [4.69, 9.17) is 4.74 Å². The first-order chi connectivity index (χ1) is 12.8. The summed E-state index contributed by atoms with van der Waals surface area (Å²) in [6.45, 7) is 16.8. The smallest absolute Gasteiger partial charge is 0.310 e.